The minimum absolute atomic E-state index is 0.0817. The largest absolute Gasteiger partial charge is 0.481 e. The van der Waals surface area contributed by atoms with Gasteiger partial charge in [-0.05, 0) is 105 Å². The number of aliphatic carboxylic acids is 2. The van der Waals surface area contributed by atoms with Gasteiger partial charge in [-0.25, -0.2) is 0 Å². The molecule has 4 aliphatic rings. The van der Waals surface area contributed by atoms with Crippen LogP contribution in [0.25, 0.3) is 0 Å². The van der Waals surface area contributed by atoms with Gasteiger partial charge in [0.1, 0.15) is 6.10 Å². The Hall–Kier alpha value is -1.63. The molecule has 10 atom stereocenters. The van der Waals surface area contributed by atoms with Crippen LogP contribution in [-0.4, -0.2) is 45.4 Å². The highest BCUT2D eigenvalue weighted by Gasteiger charge is 2.63. The fraction of sp³-hybridized carbons (Fsp3) is 0.893. The number of fused-ring (bicyclic) bond motifs is 5. The predicted octanol–water partition coefficient (Wildman–Crippen LogP) is 4.75. The van der Waals surface area contributed by atoms with Gasteiger partial charge in [0, 0.05) is 12.8 Å². The molecule has 0 amide bonds. The van der Waals surface area contributed by atoms with E-state index in [0.717, 1.165) is 51.4 Å². The molecular formula is C28H44O7. The molecule has 0 aliphatic heterocycles. The summed E-state index contributed by atoms with van der Waals surface area (Å²) in [5.41, 5.74) is 0.250. The SMILES string of the molecule is CC(=O)O[C@@H]1C[C@@H]2C[C@H](O)CC[C@]2(C)[C@H]2CC[C@]3(C)[C@@H]([C@H](C)CCC(C(=O)O)C(=O)O)CC[C@H]3[C@H]12. The van der Waals surface area contributed by atoms with Crippen molar-refractivity contribution in [2.45, 2.75) is 104 Å². The van der Waals surface area contributed by atoms with Crippen molar-refractivity contribution >= 4 is 17.9 Å². The lowest BCUT2D eigenvalue weighted by molar-refractivity contribution is -0.194. The zero-order valence-corrected chi connectivity index (χ0v) is 21.7. The van der Waals surface area contributed by atoms with E-state index in [1.54, 1.807) is 0 Å². The molecule has 0 saturated heterocycles. The summed E-state index contributed by atoms with van der Waals surface area (Å²) in [5.74, 6) is -1.81. The number of ether oxygens (including phenoxy) is 1. The van der Waals surface area contributed by atoms with E-state index < -0.39 is 17.9 Å². The highest BCUT2D eigenvalue weighted by atomic mass is 16.5. The van der Waals surface area contributed by atoms with E-state index in [0.29, 0.717) is 36.0 Å². The van der Waals surface area contributed by atoms with Gasteiger partial charge in [0.2, 0.25) is 0 Å². The Morgan fingerprint density at radius 1 is 0.914 bits per heavy atom. The van der Waals surface area contributed by atoms with E-state index >= 15 is 0 Å². The van der Waals surface area contributed by atoms with Crippen LogP contribution in [0.1, 0.15) is 91.9 Å². The number of hydrogen-bond acceptors (Lipinski definition) is 5. The maximum atomic E-state index is 12.1. The number of carbonyl (C=O) groups excluding carboxylic acids is 1. The fourth-order valence-corrected chi connectivity index (χ4v) is 9.47. The summed E-state index contributed by atoms with van der Waals surface area (Å²) in [4.78, 5) is 34.9. The maximum Gasteiger partial charge on any atom is 0.317 e. The summed E-state index contributed by atoms with van der Waals surface area (Å²) >= 11 is 0. The summed E-state index contributed by atoms with van der Waals surface area (Å²) in [6, 6.07) is 0. The third-order valence-corrected chi connectivity index (χ3v) is 11.2. The van der Waals surface area contributed by atoms with Crippen molar-refractivity contribution < 1.29 is 34.4 Å². The van der Waals surface area contributed by atoms with Crippen molar-refractivity contribution in [2.24, 2.45) is 52.3 Å². The van der Waals surface area contributed by atoms with Gasteiger partial charge in [0.15, 0.2) is 5.92 Å². The van der Waals surface area contributed by atoms with E-state index in [1.165, 1.54) is 6.92 Å². The molecule has 0 heterocycles. The van der Waals surface area contributed by atoms with Crippen LogP contribution >= 0.6 is 0 Å². The van der Waals surface area contributed by atoms with Crippen LogP contribution in [0.2, 0.25) is 0 Å². The van der Waals surface area contributed by atoms with Gasteiger partial charge in [-0.3, -0.25) is 14.4 Å². The van der Waals surface area contributed by atoms with Gasteiger partial charge in [-0.2, -0.15) is 0 Å². The molecule has 7 nitrogen and oxygen atoms in total. The number of esters is 1. The van der Waals surface area contributed by atoms with Gasteiger partial charge in [-0.15, -0.1) is 0 Å². The average Bonchev–Trinajstić information content (AvgIpc) is 3.11. The molecule has 0 aromatic carbocycles. The Morgan fingerprint density at radius 3 is 2.17 bits per heavy atom. The van der Waals surface area contributed by atoms with Crippen molar-refractivity contribution in [3.63, 3.8) is 0 Å². The number of aliphatic hydroxyl groups is 1. The van der Waals surface area contributed by atoms with Gasteiger partial charge >= 0.3 is 17.9 Å². The molecule has 0 aromatic heterocycles. The van der Waals surface area contributed by atoms with Crippen molar-refractivity contribution in [2.75, 3.05) is 0 Å². The monoisotopic (exact) mass is 492 g/mol. The Bertz CT molecular complexity index is 827. The quantitative estimate of drug-likeness (QED) is 0.346. The summed E-state index contributed by atoms with van der Waals surface area (Å²) in [6.07, 6.45) is 8.23. The smallest absolute Gasteiger partial charge is 0.317 e. The fourth-order valence-electron chi connectivity index (χ4n) is 9.47. The van der Waals surface area contributed by atoms with Crippen LogP contribution in [0, 0.1) is 52.3 Å². The molecule has 0 unspecified atom stereocenters. The van der Waals surface area contributed by atoms with Crippen LogP contribution < -0.4 is 0 Å². The Kier molecular flexibility index (Phi) is 7.31. The van der Waals surface area contributed by atoms with E-state index in [-0.39, 0.29) is 41.3 Å². The predicted molar refractivity (Wildman–Crippen MR) is 129 cm³/mol. The molecule has 0 aromatic rings. The topological polar surface area (TPSA) is 121 Å². The standard InChI is InChI=1S/C28H44O7/c1-15(5-6-19(25(31)32)26(33)34)20-7-8-21-24-22(10-12-28(20,21)4)27(3)11-9-18(30)13-17(27)14-23(24)35-16(2)29/h15,17-24,30H,5-14H2,1-4H3,(H,31,32)(H,33,34)/t15-,17+,18-,20-,21+,22+,23-,24+,27+,28-/m1/s1. The van der Waals surface area contributed by atoms with Gasteiger partial charge < -0.3 is 20.1 Å². The lowest BCUT2D eigenvalue weighted by Gasteiger charge is -2.62. The summed E-state index contributed by atoms with van der Waals surface area (Å²) < 4.78 is 6.02. The first-order chi connectivity index (χ1) is 16.4. The summed E-state index contributed by atoms with van der Waals surface area (Å²) in [6.45, 7) is 8.47. The molecule has 3 N–H and O–H groups in total. The second-order valence-electron chi connectivity index (χ2n) is 12.8. The molecule has 4 aliphatic carbocycles. The highest BCUT2D eigenvalue weighted by molar-refractivity contribution is 5.92. The third-order valence-electron chi connectivity index (χ3n) is 11.2. The van der Waals surface area contributed by atoms with Crippen molar-refractivity contribution in [3.05, 3.63) is 0 Å². The zero-order valence-electron chi connectivity index (χ0n) is 21.7. The van der Waals surface area contributed by atoms with Crippen molar-refractivity contribution in [3.8, 4) is 0 Å². The number of carboxylic acid groups (broad SMARTS) is 2. The molecule has 0 radical (unpaired) electrons. The van der Waals surface area contributed by atoms with E-state index in [4.69, 9.17) is 4.74 Å². The lowest BCUT2D eigenvalue weighted by Crippen LogP contribution is -2.59. The molecule has 0 spiro atoms. The maximum absolute atomic E-state index is 12.1. The normalized spacial score (nSPS) is 43.5. The molecule has 7 heteroatoms. The number of carboxylic acids is 2. The van der Waals surface area contributed by atoms with Crippen LogP contribution in [0.3, 0.4) is 0 Å². The highest BCUT2D eigenvalue weighted by Crippen LogP contribution is 2.68. The van der Waals surface area contributed by atoms with E-state index in [1.807, 2.05) is 0 Å². The van der Waals surface area contributed by atoms with E-state index in [2.05, 4.69) is 20.8 Å². The van der Waals surface area contributed by atoms with Crippen LogP contribution in [0.15, 0.2) is 0 Å². The van der Waals surface area contributed by atoms with Crippen LogP contribution in [0.4, 0.5) is 0 Å². The lowest BCUT2D eigenvalue weighted by atomic mass is 9.43. The molecular weight excluding hydrogens is 448 g/mol. The Balaban J connectivity index is 1.56. The van der Waals surface area contributed by atoms with Gasteiger partial charge in [0.25, 0.3) is 0 Å². The second kappa shape index (κ2) is 9.68. The molecule has 0 bridgehead atoms. The number of aliphatic hydroxyl groups excluding tert-OH is 1. The minimum Gasteiger partial charge on any atom is -0.481 e. The molecule has 4 saturated carbocycles. The molecule has 4 rings (SSSR count). The summed E-state index contributed by atoms with van der Waals surface area (Å²) in [7, 11) is 0. The third kappa shape index (κ3) is 4.62. The Labute approximate surface area is 209 Å². The van der Waals surface area contributed by atoms with Crippen LogP contribution in [0.5, 0.6) is 0 Å². The molecule has 198 valence electrons. The first-order valence-electron chi connectivity index (χ1n) is 13.7. The van der Waals surface area contributed by atoms with Crippen molar-refractivity contribution in [1.82, 2.24) is 0 Å². The number of rotatable bonds is 7. The van der Waals surface area contributed by atoms with Gasteiger partial charge in [-0.1, -0.05) is 20.8 Å². The number of hydrogen-bond donors (Lipinski definition) is 3. The Morgan fingerprint density at radius 2 is 1.54 bits per heavy atom. The molecule has 4 fully saturated rings. The summed E-state index contributed by atoms with van der Waals surface area (Å²) in [5, 5.41) is 29.0. The number of carbonyl (C=O) groups is 3. The zero-order chi connectivity index (χ0) is 25.7. The first-order valence-corrected chi connectivity index (χ1v) is 13.7. The average molecular weight is 493 g/mol. The van der Waals surface area contributed by atoms with Crippen LogP contribution in [-0.2, 0) is 19.1 Å². The second-order valence-corrected chi connectivity index (χ2v) is 12.8. The van der Waals surface area contributed by atoms with Crippen molar-refractivity contribution in [1.29, 1.82) is 0 Å². The molecule has 35 heavy (non-hydrogen) atoms. The first kappa shape index (κ1) is 26.4. The van der Waals surface area contributed by atoms with E-state index in [9.17, 15) is 29.7 Å². The minimum atomic E-state index is -1.34. The van der Waals surface area contributed by atoms with Gasteiger partial charge in [0.05, 0.1) is 6.10 Å².